The second-order valence-corrected chi connectivity index (χ2v) is 2.88. The summed E-state index contributed by atoms with van der Waals surface area (Å²) >= 11 is 0. The molecular weight excluding hydrogens is 190 g/mol. The summed E-state index contributed by atoms with van der Waals surface area (Å²) in [6.45, 7) is -1.15. The first-order valence-corrected chi connectivity index (χ1v) is 4.08. The van der Waals surface area contributed by atoms with Crippen LogP contribution in [0, 0.1) is 6.92 Å². The highest BCUT2D eigenvalue weighted by molar-refractivity contribution is 5.75. The van der Waals surface area contributed by atoms with Crippen LogP contribution in [-0.2, 0) is 11.3 Å². The lowest BCUT2D eigenvalue weighted by Gasteiger charge is -2.06. The van der Waals surface area contributed by atoms with E-state index in [1.165, 1.54) is 0 Å². The topological polar surface area (TPSA) is 26.3 Å². The Hall–Kier alpha value is -1.29. The van der Waals surface area contributed by atoms with Crippen molar-refractivity contribution in [3.05, 3.63) is 34.9 Å². The normalized spacial score (nSPS) is 10.6. The van der Waals surface area contributed by atoms with E-state index >= 15 is 0 Å². The molecule has 0 aliphatic rings. The predicted octanol–water partition coefficient (Wildman–Crippen LogP) is 2.55. The van der Waals surface area contributed by atoms with Gasteiger partial charge >= 0.3 is 6.61 Å². The van der Waals surface area contributed by atoms with Crippen LogP contribution in [-0.4, -0.2) is 12.9 Å². The molecule has 0 aliphatic carbocycles. The average molecular weight is 200 g/mol. The largest absolute Gasteiger partial charge is 0.345 e. The molecule has 14 heavy (non-hydrogen) atoms. The third-order valence-corrected chi connectivity index (χ3v) is 1.87. The number of carbonyl (C=O) groups excluding carboxylic acids is 1. The number of benzene rings is 1. The van der Waals surface area contributed by atoms with Gasteiger partial charge in [0.25, 0.3) is 0 Å². The molecule has 1 aromatic carbocycles. The Morgan fingerprint density at radius 2 is 2.21 bits per heavy atom. The van der Waals surface area contributed by atoms with Crippen molar-refractivity contribution in [2.75, 3.05) is 0 Å². The van der Waals surface area contributed by atoms with Crippen molar-refractivity contribution < 1.29 is 18.3 Å². The summed E-state index contributed by atoms with van der Waals surface area (Å²) in [5.74, 6) is 0. The lowest BCUT2D eigenvalue weighted by molar-refractivity contribution is -0.137. The van der Waals surface area contributed by atoms with Gasteiger partial charge in [0.15, 0.2) is 0 Å². The molecule has 0 aliphatic heterocycles. The molecule has 76 valence electrons. The lowest BCUT2D eigenvalue weighted by Crippen LogP contribution is -2.01. The van der Waals surface area contributed by atoms with Gasteiger partial charge in [-0.1, -0.05) is 12.1 Å². The second-order valence-electron chi connectivity index (χ2n) is 2.88. The van der Waals surface area contributed by atoms with E-state index in [9.17, 15) is 13.6 Å². The summed E-state index contributed by atoms with van der Waals surface area (Å²) in [4.78, 5) is 10.4. The maximum absolute atomic E-state index is 11.7. The van der Waals surface area contributed by atoms with Crippen molar-refractivity contribution >= 4 is 6.29 Å². The Morgan fingerprint density at radius 3 is 2.71 bits per heavy atom. The fourth-order valence-electron chi connectivity index (χ4n) is 1.11. The summed E-state index contributed by atoms with van der Waals surface area (Å²) in [7, 11) is 0. The van der Waals surface area contributed by atoms with E-state index in [2.05, 4.69) is 4.74 Å². The highest BCUT2D eigenvalue weighted by atomic mass is 19.3. The third-order valence-electron chi connectivity index (χ3n) is 1.87. The van der Waals surface area contributed by atoms with Crippen molar-refractivity contribution in [2.45, 2.75) is 20.1 Å². The minimum absolute atomic E-state index is 0.136. The first-order valence-electron chi connectivity index (χ1n) is 4.08. The van der Waals surface area contributed by atoms with Crippen LogP contribution in [0.3, 0.4) is 0 Å². The van der Waals surface area contributed by atoms with Gasteiger partial charge < -0.3 is 4.74 Å². The van der Waals surface area contributed by atoms with E-state index in [4.69, 9.17) is 0 Å². The Kier molecular flexibility index (Phi) is 3.71. The Bertz CT molecular complexity index is 324. The van der Waals surface area contributed by atoms with Crippen molar-refractivity contribution in [2.24, 2.45) is 0 Å². The van der Waals surface area contributed by atoms with Crippen molar-refractivity contribution in [3.8, 4) is 0 Å². The van der Waals surface area contributed by atoms with Gasteiger partial charge in [0.05, 0.1) is 6.61 Å². The number of halogens is 2. The van der Waals surface area contributed by atoms with Crippen molar-refractivity contribution in [1.29, 1.82) is 0 Å². The summed E-state index contributed by atoms with van der Waals surface area (Å²) < 4.78 is 27.6. The van der Waals surface area contributed by atoms with Gasteiger partial charge in [0.1, 0.15) is 6.29 Å². The second kappa shape index (κ2) is 4.81. The van der Waals surface area contributed by atoms with Crippen molar-refractivity contribution in [1.82, 2.24) is 0 Å². The van der Waals surface area contributed by atoms with Gasteiger partial charge in [-0.05, 0) is 24.1 Å². The summed E-state index contributed by atoms with van der Waals surface area (Å²) in [6, 6.07) is 4.82. The maximum atomic E-state index is 11.7. The molecule has 0 aromatic heterocycles. The van der Waals surface area contributed by atoms with Gasteiger partial charge in [-0.2, -0.15) is 8.78 Å². The van der Waals surface area contributed by atoms with Crippen LogP contribution in [0.2, 0.25) is 0 Å². The quantitative estimate of drug-likeness (QED) is 0.698. The minimum atomic E-state index is -2.76. The zero-order valence-electron chi connectivity index (χ0n) is 7.67. The number of alkyl halides is 2. The Morgan fingerprint density at radius 1 is 1.50 bits per heavy atom. The van der Waals surface area contributed by atoms with E-state index in [0.717, 1.165) is 5.56 Å². The summed E-state index contributed by atoms with van der Waals surface area (Å²) in [6.07, 6.45) is 0.713. The van der Waals surface area contributed by atoms with E-state index < -0.39 is 6.61 Å². The minimum Gasteiger partial charge on any atom is -0.318 e. The van der Waals surface area contributed by atoms with Gasteiger partial charge in [-0.15, -0.1) is 0 Å². The standard InChI is InChI=1S/C10H10F2O2/c1-7-4-8(5-13)2-3-9(7)6-14-10(11)12/h2-5,10H,6H2,1H3. The molecule has 0 saturated heterocycles. The van der Waals surface area contributed by atoms with Crippen LogP contribution in [0.5, 0.6) is 0 Å². The Balaban J connectivity index is 2.73. The molecule has 1 aromatic rings. The number of aldehydes is 1. The SMILES string of the molecule is Cc1cc(C=O)ccc1COC(F)F. The van der Waals surface area contributed by atoms with E-state index in [-0.39, 0.29) is 6.61 Å². The number of rotatable bonds is 4. The fourth-order valence-corrected chi connectivity index (χ4v) is 1.11. The number of hydrogen-bond acceptors (Lipinski definition) is 2. The van der Waals surface area contributed by atoms with E-state index in [0.29, 0.717) is 17.4 Å². The smallest absolute Gasteiger partial charge is 0.318 e. The average Bonchev–Trinajstić information content (AvgIpc) is 2.15. The molecule has 0 bridgehead atoms. The summed E-state index contributed by atoms with van der Waals surface area (Å²) in [5, 5.41) is 0. The monoisotopic (exact) mass is 200 g/mol. The first kappa shape index (κ1) is 10.8. The van der Waals surface area contributed by atoms with E-state index in [1.54, 1.807) is 25.1 Å². The van der Waals surface area contributed by atoms with Crippen LogP contribution < -0.4 is 0 Å². The van der Waals surface area contributed by atoms with Gasteiger partial charge in [0.2, 0.25) is 0 Å². The molecule has 0 spiro atoms. The molecule has 0 radical (unpaired) electrons. The van der Waals surface area contributed by atoms with Gasteiger partial charge in [-0.25, -0.2) is 0 Å². The molecule has 0 amide bonds. The molecule has 0 heterocycles. The number of ether oxygens (including phenoxy) is 1. The molecule has 0 fully saturated rings. The molecule has 0 unspecified atom stereocenters. The molecule has 4 heteroatoms. The molecule has 0 atom stereocenters. The third kappa shape index (κ3) is 2.88. The molecular formula is C10H10F2O2. The van der Waals surface area contributed by atoms with Gasteiger partial charge in [0, 0.05) is 5.56 Å². The highest BCUT2D eigenvalue weighted by Gasteiger charge is 2.04. The zero-order chi connectivity index (χ0) is 10.6. The first-order chi connectivity index (χ1) is 6.63. The summed E-state index contributed by atoms with van der Waals surface area (Å²) in [5.41, 5.74) is 1.97. The van der Waals surface area contributed by atoms with Gasteiger partial charge in [-0.3, -0.25) is 4.79 Å². The highest BCUT2D eigenvalue weighted by Crippen LogP contribution is 2.12. The lowest BCUT2D eigenvalue weighted by atomic mass is 10.1. The van der Waals surface area contributed by atoms with Crippen LogP contribution in [0.4, 0.5) is 8.78 Å². The van der Waals surface area contributed by atoms with Crippen LogP contribution in [0.1, 0.15) is 21.5 Å². The molecule has 1 rings (SSSR count). The zero-order valence-corrected chi connectivity index (χ0v) is 7.67. The van der Waals surface area contributed by atoms with Crippen LogP contribution >= 0.6 is 0 Å². The Labute approximate surface area is 80.5 Å². The predicted molar refractivity (Wildman–Crippen MR) is 47.4 cm³/mol. The fraction of sp³-hybridized carbons (Fsp3) is 0.300. The maximum Gasteiger partial charge on any atom is 0.345 e. The van der Waals surface area contributed by atoms with Crippen molar-refractivity contribution in [3.63, 3.8) is 0 Å². The number of hydrogen-bond donors (Lipinski definition) is 0. The number of aryl methyl sites for hydroxylation is 1. The molecule has 0 saturated carbocycles. The van der Waals surface area contributed by atoms with E-state index in [1.807, 2.05) is 0 Å². The number of carbonyl (C=O) groups is 1. The molecule has 0 N–H and O–H groups in total. The van der Waals surface area contributed by atoms with Crippen LogP contribution in [0.25, 0.3) is 0 Å². The molecule has 2 nitrogen and oxygen atoms in total. The van der Waals surface area contributed by atoms with Crippen LogP contribution in [0.15, 0.2) is 18.2 Å².